The van der Waals surface area contributed by atoms with Crippen LogP contribution in [0.5, 0.6) is 0 Å². The van der Waals surface area contributed by atoms with E-state index in [1.54, 1.807) is 6.07 Å². The second-order valence-corrected chi connectivity index (χ2v) is 3.88. The molecular weight excluding hydrogens is 222 g/mol. The van der Waals surface area contributed by atoms with Crippen molar-refractivity contribution in [1.29, 1.82) is 0 Å². The van der Waals surface area contributed by atoms with Gasteiger partial charge in [-0.15, -0.1) is 0 Å². The molecule has 0 aliphatic carbocycles. The topological polar surface area (TPSA) is 38.9 Å². The SMILES string of the molecule is Cc1ccc(F)cc1C(N)c1ccncc1F. The van der Waals surface area contributed by atoms with Gasteiger partial charge in [-0.05, 0) is 36.2 Å². The Balaban J connectivity index is 2.47. The molecule has 1 heterocycles. The Morgan fingerprint density at radius 3 is 2.65 bits per heavy atom. The highest BCUT2D eigenvalue weighted by molar-refractivity contribution is 5.36. The molecule has 1 atom stereocenters. The third-order valence-corrected chi connectivity index (χ3v) is 2.72. The molecule has 0 aliphatic rings. The van der Waals surface area contributed by atoms with E-state index in [0.29, 0.717) is 11.1 Å². The Kier molecular flexibility index (Phi) is 3.15. The summed E-state index contributed by atoms with van der Waals surface area (Å²) in [5.74, 6) is -0.862. The van der Waals surface area contributed by atoms with Crippen LogP contribution in [0.15, 0.2) is 36.7 Å². The number of benzene rings is 1. The maximum atomic E-state index is 13.5. The lowest BCUT2D eigenvalue weighted by molar-refractivity contribution is 0.589. The second-order valence-electron chi connectivity index (χ2n) is 3.88. The van der Waals surface area contributed by atoms with Gasteiger partial charge in [-0.25, -0.2) is 8.78 Å². The number of nitrogens with zero attached hydrogens (tertiary/aromatic N) is 1. The zero-order valence-electron chi connectivity index (χ0n) is 9.32. The number of pyridine rings is 1. The molecule has 0 amide bonds. The molecule has 17 heavy (non-hydrogen) atoms. The molecule has 0 spiro atoms. The summed E-state index contributed by atoms with van der Waals surface area (Å²) >= 11 is 0. The highest BCUT2D eigenvalue weighted by atomic mass is 19.1. The lowest BCUT2D eigenvalue weighted by Crippen LogP contribution is -2.15. The monoisotopic (exact) mass is 234 g/mol. The van der Waals surface area contributed by atoms with Gasteiger partial charge in [-0.1, -0.05) is 6.07 Å². The summed E-state index contributed by atoms with van der Waals surface area (Å²) in [5, 5.41) is 0. The Labute approximate surface area is 98.1 Å². The molecule has 2 N–H and O–H groups in total. The van der Waals surface area contributed by atoms with Crippen LogP contribution in [0.4, 0.5) is 8.78 Å². The zero-order chi connectivity index (χ0) is 12.4. The van der Waals surface area contributed by atoms with E-state index >= 15 is 0 Å². The molecular formula is C13H12F2N2. The van der Waals surface area contributed by atoms with Gasteiger partial charge in [0.25, 0.3) is 0 Å². The standard InChI is InChI=1S/C13H12F2N2/c1-8-2-3-9(14)6-11(8)13(16)10-4-5-17-7-12(10)15/h2-7,13H,16H2,1H3. The normalized spacial score (nSPS) is 12.5. The first-order chi connectivity index (χ1) is 8.09. The first-order valence-electron chi connectivity index (χ1n) is 5.20. The third-order valence-electron chi connectivity index (χ3n) is 2.72. The molecule has 0 aliphatic heterocycles. The molecule has 1 aromatic heterocycles. The fourth-order valence-corrected chi connectivity index (χ4v) is 1.75. The summed E-state index contributed by atoms with van der Waals surface area (Å²) in [4.78, 5) is 3.66. The van der Waals surface area contributed by atoms with Crippen LogP contribution in [0, 0.1) is 18.6 Å². The minimum atomic E-state index is -0.686. The maximum absolute atomic E-state index is 13.5. The van der Waals surface area contributed by atoms with Crippen LogP contribution in [-0.2, 0) is 0 Å². The summed E-state index contributed by atoms with van der Waals surface area (Å²) in [6.07, 6.45) is 2.57. The van der Waals surface area contributed by atoms with Gasteiger partial charge in [0.05, 0.1) is 12.2 Å². The van der Waals surface area contributed by atoms with Crippen molar-refractivity contribution >= 4 is 0 Å². The van der Waals surface area contributed by atoms with Crippen molar-refractivity contribution in [3.8, 4) is 0 Å². The minimum absolute atomic E-state index is 0.314. The quantitative estimate of drug-likeness (QED) is 0.867. The predicted octanol–water partition coefficient (Wildman–Crippen LogP) is 2.72. The Morgan fingerprint density at radius 2 is 1.94 bits per heavy atom. The molecule has 4 heteroatoms. The van der Waals surface area contributed by atoms with Crippen LogP contribution >= 0.6 is 0 Å². The lowest BCUT2D eigenvalue weighted by Gasteiger charge is -2.15. The highest BCUT2D eigenvalue weighted by Gasteiger charge is 2.15. The summed E-state index contributed by atoms with van der Waals surface area (Å²) in [6, 6.07) is 5.14. The fourth-order valence-electron chi connectivity index (χ4n) is 1.75. The van der Waals surface area contributed by atoms with Crippen LogP contribution in [0.25, 0.3) is 0 Å². The average Bonchev–Trinajstić information content (AvgIpc) is 2.32. The van der Waals surface area contributed by atoms with E-state index < -0.39 is 11.9 Å². The van der Waals surface area contributed by atoms with E-state index in [1.165, 1.54) is 24.4 Å². The van der Waals surface area contributed by atoms with Crippen molar-refractivity contribution < 1.29 is 8.78 Å². The van der Waals surface area contributed by atoms with Crippen molar-refractivity contribution in [1.82, 2.24) is 4.98 Å². The van der Waals surface area contributed by atoms with Crippen molar-refractivity contribution in [3.63, 3.8) is 0 Å². The largest absolute Gasteiger partial charge is 0.320 e. The first kappa shape index (κ1) is 11.7. The zero-order valence-corrected chi connectivity index (χ0v) is 9.32. The Morgan fingerprint density at radius 1 is 1.18 bits per heavy atom. The van der Waals surface area contributed by atoms with Crippen molar-refractivity contribution in [2.75, 3.05) is 0 Å². The molecule has 2 aromatic rings. The number of hydrogen-bond acceptors (Lipinski definition) is 2. The number of hydrogen-bond donors (Lipinski definition) is 1. The lowest BCUT2D eigenvalue weighted by atomic mass is 9.96. The minimum Gasteiger partial charge on any atom is -0.320 e. The van der Waals surface area contributed by atoms with E-state index in [-0.39, 0.29) is 5.82 Å². The van der Waals surface area contributed by atoms with E-state index in [9.17, 15) is 8.78 Å². The van der Waals surface area contributed by atoms with Gasteiger partial charge in [0.1, 0.15) is 11.6 Å². The van der Waals surface area contributed by atoms with Gasteiger partial charge in [-0.3, -0.25) is 4.98 Å². The van der Waals surface area contributed by atoms with Crippen LogP contribution in [0.1, 0.15) is 22.7 Å². The highest BCUT2D eigenvalue weighted by Crippen LogP contribution is 2.24. The van der Waals surface area contributed by atoms with E-state index in [1.807, 2.05) is 6.92 Å². The molecule has 0 radical (unpaired) electrons. The number of halogens is 2. The van der Waals surface area contributed by atoms with Crippen molar-refractivity contribution in [2.24, 2.45) is 5.73 Å². The first-order valence-corrected chi connectivity index (χ1v) is 5.20. The molecule has 0 saturated heterocycles. The summed E-state index contributed by atoms with van der Waals surface area (Å²) in [7, 11) is 0. The third kappa shape index (κ3) is 2.31. The smallest absolute Gasteiger partial charge is 0.146 e. The molecule has 1 unspecified atom stereocenters. The van der Waals surface area contributed by atoms with Gasteiger partial charge in [0.2, 0.25) is 0 Å². The van der Waals surface area contributed by atoms with Crippen LogP contribution in [-0.4, -0.2) is 4.98 Å². The fraction of sp³-hybridized carbons (Fsp3) is 0.154. The molecule has 1 aromatic carbocycles. The van der Waals surface area contributed by atoms with Gasteiger partial charge in [-0.2, -0.15) is 0 Å². The number of nitrogens with two attached hydrogens (primary N) is 1. The number of rotatable bonds is 2. The second kappa shape index (κ2) is 4.59. The molecule has 2 nitrogen and oxygen atoms in total. The molecule has 0 bridgehead atoms. The van der Waals surface area contributed by atoms with Gasteiger partial charge in [0.15, 0.2) is 0 Å². The maximum Gasteiger partial charge on any atom is 0.146 e. The predicted molar refractivity (Wildman–Crippen MR) is 61.4 cm³/mol. The van der Waals surface area contributed by atoms with Crippen LogP contribution < -0.4 is 5.73 Å². The molecule has 88 valence electrons. The van der Waals surface area contributed by atoms with Crippen molar-refractivity contribution in [3.05, 3.63) is 65.0 Å². The summed E-state index contributed by atoms with van der Waals surface area (Å²) < 4.78 is 26.7. The molecule has 0 fully saturated rings. The number of aromatic nitrogens is 1. The summed E-state index contributed by atoms with van der Waals surface area (Å²) in [6.45, 7) is 1.81. The van der Waals surface area contributed by atoms with E-state index in [2.05, 4.69) is 4.98 Å². The number of aryl methyl sites for hydroxylation is 1. The Hall–Kier alpha value is -1.81. The van der Waals surface area contributed by atoms with Crippen molar-refractivity contribution in [2.45, 2.75) is 13.0 Å². The van der Waals surface area contributed by atoms with Crippen LogP contribution in [0.2, 0.25) is 0 Å². The van der Waals surface area contributed by atoms with Gasteiger partial charge in [0, 0.05) is 11.8 Å². The van der Waals surface area contributed by atoms with Gasteiger partial charge < -0.3 is 5.73 Å². The van der Waals surface area contributed by atoms with E-state index in [0.717, 1.165) is 11.8 Å². The van der Waals surface area contributed by atoms with E-state index in [4.69, 9.17) is 5.73 Å². The summed E-state index contributed by atoms with van der Waals surface area (Å²) in [5.41, 5.74) is 7.67. The molecule has 2 rings (SSSR count). The van der Waals surface area contributed by atoms with Crippen LogP contribution in [0.3, 0.4) is 0 Å². The van der Waals surface area contributed by atoms with Gasteiger partial charge >= 0.3 is 0 Å². The average molecular weight is 234 g/mol. The Bertz CT molecular complexity index is 541. The molecule has 0 saturated carbocycles.